The highest BCUT2D eigenvalue weighted by Gasteiger charge is 2.47. The molecule has 1 fully saturated rings. The number of aryl methyl sites for hydroxylation is 2. The minimum absolute atomic E-state index is 0.0151. The summed E-state index contributed by atoms with van der Waals surface area (Å²) in [7, 11) is 1.77. The molecule has 1 N–H and O–H groups in total. The number of hydrogen-bond acceptors (Lipinski definition) is 4. The fourth-order valence-electron chi connectivity index (χ4n) is 2.68. The summed E-state index contributed by atoms with van der Waals surface area (Å²) in [6, 6.07) is 0. The van der Waals surface area contributed by atoms with Gasteiger partial charge in [0, 0.05) is 30.4 Å². The Kier molecular flexibility index (Phi) is 4.66. The minimum Gasteiger partial charge on any atom is -0.356 e. The number of carbonyl (C=O) groups is 2. The van der Waals surface area contributed by atoms with E-state index in [9.17, 15) is 9.59 Å². The molecule has 1 saturated heterocycles. The van der Waals surface area contributed by atoms with E-state index in [2.05, 4.69) is 10.3 Å². The molecule has 2 rings (SSSR count). The zero-order chi connectivity index (χ0) is 15.6. The van der Waals surface area contributed by atoms with Gasteiger partial charge in [-0.3, -0.25) is 9.59 Å². The van der Waals surface area contributed by atoms with Crippen LogP contribution < -0.4 is 5.32 Å². The summed E-state index contributed by atoms with van der Waals surface area (Å²) in [5.74, 6) is -0.237. The second kappa shape index (κ2) is 6.13. The molecule has 1 aromatic heterocycles. The smallest absolute Gasteiger partial charge is 0.225 e. The first-order valence-corrected chi connectivity index (χ1v) is 8.15. The SMILES string of the molecule is Cc1ncsc1CCCNC(=O)C1CC(=O)N(C)C1(C)C. The Morgan fingerprint density at radius 2 is 2.29 bits per heavy atom. The average molecular weight is 309 g/mol. The molecule has 116 valence electrons. The van der Waals surface area contributed by atoms with E-state index in [1.165, 1.54) is 4.88 Å². The van der Waals surface area contributed by atoms with Gasteiger partial charge in [0.15, 0.2) is 0 Å². The fourth-order valence-corrected chi connectivity index (χ4v) is 3.50. The Morgan fingerprint density at radius 1 is 1.57 bits per heavy atom. The predicted molar refractivity (Wildman–Crippen MR) is 83.1 cm³/mol. The molecule has 0 spiro atoms. The molecule has 0 saturated carbocycles. The van der Waals surface area contributed by atoms with E-state index in [4.69, 9.17) is 0 Å². The second-order valence-electron chi connectivity index (χ2n) is 6.12. The van der Waals surface area contributed by atoms with E-state index in [1.54, 1.807) is 23.3 Å². The monoisotopic (exact) mass is 309 g/mol. The van der Waals surface area contributed by atoms with E-state index in [0.29, 0.717) is 13.0 Å². The number of nitrogens with one attached hydrogen (secondary N) is 1. The highest BCUT2D eigenvalue weighted by atomic mass is 32.1. The first-order valence-electron chi connectivity index (χ1n) is 7.27. The summed E-state index contributed by atoms with van der Waals surface area (Å²) < 4.78 is 0. The lowest BCUT2D eigenvalue weighted by Crippen LogP contribution is -2.47. The van der Waals surface area contributed by atoms with Crippen molar-refractivity contribution in [2.45, 2.75) is 45.6 Å². The van der Waals surface area contributed by atoms with Crippen LogP contribution in [-0.2, 0) is 16.0 Å². The van der Waals surface area contributed by atoms with Crippen LogP contribution in [0.4, 0.5) is 0 Å². The number of likely N-dealkylation sites (tertiary alicyclic amines) is 1. The highest BCUT2D eigenvalue weighted by molar-refractivity contribution is 7.09. The van der Waals surface area contributed by atoms with Gasteiger partial charge in [-0.05, 0) is 33.6 Å². The normalized spacial score (nSPS) is 20.9. The molecule has 5 nitrogen and oxygen atoms in total. The van der Waals surface area contributed by atoms with Crippen LogP contribution in [0.1, 0.15) is 37.3 Å². The third-order valence-electron chi connectivity index (χ3n) is 4.51. The maximum Gasteiger partial charge on any atom is 0.225 e. The van der Waals surface area contributed by atoms with E-state index in [0.717, 1.165) is 18.5 Å². The lowest BCUT2D eigenvalue weighted by atomic mass is 9.88. The maximum absolute atomic E-state index is 12.3. The van der Waals surface area contributed by atoms with Gasteiger partial charge in [0.2, 0.25) is 11.8 Å². The van der Waals surface area contributed by atoms with Gasteiger partial charge in [-0.2, -0.15) is 0 Å². The molecule has 1 atom stereocenters. The number of rotatable bonds is 5. The average Bonchev–Trinajstić information content (AvgIpc) is 2.92. The van der Waals surface area contributed by atoms with E-state index in [-0.39, 0.29) is 17.7 Å². The molecule has 0 radical (unpaired) electrons. The summed E-state index contributed by atoms with van der Waals surface area (Å²) in [5.41, 5.74) is 2.52. The number of amides is 2. The standard InChI is InChI=1S/C15H23N3O2S/c1-10-12(21-9-17-10)6-5-7-16-14(20)11-8-13(19)18(4)15(11,2)3/h9,11H,5-8H2,1-4H3,(H,16,20). The van der Waals surface area contributed by atoms with Crippen molar-refractivity contribution in [3.8, 4) is 0 Å². The van der Waals surface area contributed by atoms with E-state index < -0.39 is 5.54 Å². The van der Waals surface area contributed by atoms with Crippen molar-refractivity contribution < 1.29 is 9.59 Å². The van der Waals surface area contributed by atoms with Gasteiger partial charge >= 0.3 is 0 Å². The molecular formula is C15H23N3O2S. The van der Waals surface area contributed by atoms with Crippen LogP contribution in [0, 0.1) is 12.8 Å². The Labute approximate surface area is 129 Å². The number of nitrogens with zero attached hydrogens (tertiary/aromatic N) is 2. The lowest BCUT2D eigenvalue weighted by Gasteiger charge is -2.32. The molecular weight excluding hydrogens is 286 g/mol. The lowest BCUT2D eigenvalue weighted by molar-refractivity contribution is -0.128. The number of carbonyl (C=O) groups excluding carboxylic acids is 2. The summed E-state index contributed by atoms with van der Waals surface area (Å²) in [4.78, 5) is 31.2. The van der Waals surface area contributed by atoms with Crippen molar-refractivity contribution in [1.82, 2.24) is 15.2 Å². The number of hydrogen-bond donors (Lipinski definition) is 1. The second-order valence-corrected chi connectivity index (χ2v) is 7.06. The molecule has 0 aromatic carbocycles. The Bertz CT molecular complexity index is 539. The fraction of sp³-hybridized carbons (Fsp3) is 0.667. The van der Waals surface area contributed by atoms with Gasteiger partial charge in [0.1, 0.15) is 0 Å². The van der Waals surface area contributed by atoms with E-state index in [1.807, 2.05) is 26.3 Å². The van der Waals surface area contributed by atoms with Crippen molar-refractivity contribution >= 4 is 23.2 Å². The third kappa shape index (κ3) is 3.26. The van der Waals surface area contributed by atoms with Crippen LogP contribution in [0.3, 0.4) is 0 Å². The largest absolute Gasteiger partial charge is 0.356 e. The topological polar surface area (TPSA) is 62.3 Å². The molecule has 21 heavy (non-hydrogen) atoms. The van der Waals surface area contributed by atoms with Crippen LogP contribution in [0.25, 0.3) is 0 Å². The maximum atomic E-state index is 12.3. The molecule has 1 aromatic rings. The van der Waals surface area contributed by atoms with Gasteiger partial charge in [-0.15, -0.1) is 11.3 Å². The van der Waals surface area contributed by atoms with Gasteiger partial charge in [0.05, 0.1) is 17.1 Å². The van der Waals surface area contributed by atoms with Gasteiger partial charge in [0.25, 0.3) is 0 Å². The predicted octanol–water partition coefficient (Wildman–Crippen LogP) is 1.76. The molecule has 1 aliphatic heterocycles. The first-order chi connectivity index (χ1) is 9.84. The highest BCUT2D eigenvalue weighted by Crippen LogP contribution is 2.34. The molecule has 0 bridgehead atoms. The summed E-state index contributed by atoms with van der Waals surface area (Å²) in [6.07, 6.45) is 2.14. The zero-order valence-electron chi connectivity index (χ0n) is 13.1. The molecule has 0 aliphatic carbocycles. The van der Waals surface area contributed by atoms with Gasteiger partial charge in [-0.25, -0.2) is 4.98 Å². The van der Waals surface area contributed by atoms with E-state index >= 15 is 0 Å². The Balaban J connectivity index is 1.80. The number of thiazole rings is 1. The minimum atomic E-state index is -0.407. The Morgan fingerprint density at radius 3 is 2.81 bits per heavy atom. The van der Waals surface area contributed by atoms with Crippen LogP contribution in [0.15, 0.2) is 5.51 Å². The van der Waals surface area contributed by atoms with Crippen LogP contribution in [-0.4, -0.2) is 40.8 Å². The molecule has 2 heterocycles. The molecule has 6 heteroatoms. The zero-order valence-corrected chi connectivity index (χ0v) is 13.9. The van der Waals surface area contributed by atoms with Crippen LogP contribution in [0.2, 0.25) is 0 Å². The quantitative estimate of drug-likeness (QED) is 0.843. The summed E-state index contributed by atoms with van der Waals surface area (Å²) in [5, 5.41) is 2.97. The Hall–Kier alpha value is -1.43. The van der Waals surface area contributed by atoms with Gasteiger partial charge in [-0.1, -0.05) is 0 Å². The molecule has 1 aliphatic rings. The van der Waals surface area contributed by atoms with Crippen LogP contribution in [0.5, 0.6) is 0 Å². The van der Waals surface area contributed by atoms with Crippen molar-refractivity contribution in [1.29, 1.82) is 0 Å². The van der Waals surface area contributed by atoms with Crippen molar-refractivity contribution in [3.63, 3.8) is 0 Å². The summed E-state index contributed by atoms with van der Waals surface area (Å²) in [6.45, 7) is 6.54. The van der Waals surface area contributed by atoms with Crippen molar-refractivity contribution in [3.05, 3.63) is 16.1 Å². The van der Waals surface area contributed by atoms with Crippen molar-refractivity contribution in [2.75, 3.05) is 13.6 Å². The summed E-state index contributed by atoms with van der Waals surface area (Å²) >= 11 is 1.66. The third-order valence-corrected chi connectivity index (χ3v) is 5.51. The molecule has 1 unspecified atom stereocenters. The van der Waals surface area contributed by atoms with Crippen LogP contribution >= 0.6 is 11.3 Å². The number of aromatic nitrogens is 1. The first kappa shape index (κ1) is 15.9. The van der Waals surface area contributed by atoms with Gasteiger partial charge < -0.3 is 10.2 Å². The molecule has 2 amide bonds. The van der Waals surface area contributed by atoms with Crippen molar-refractivity contribution in [2.24, 2.45) is 5.92 Å².